The molecule has 6 nitrogen and oxygen atoms in total. The minimum Gasteiger partial charge on any atom is -0.327 e. The molecule has 2 aliphatic rings. The van der Waals surface area contributed by atoms with E-state index in [-0.39, 0.29) is 23.6 Å². The zero-order valence-electron chi connectivity index (χ0n) is 17.8. The van der Waals surface area contributed by atoms with Crippen molar-refractivity contribution in [3.63, 3.8) is 0 Å². The molecule has 0 aliphatic carbocycles. The third-order valence-corrected chi connectivity index (χ3v) is 6.82. The van der Waals surface area contributed by atoms with Crippen LogP contribution >= 0.6 is 0 Å². The monoisotopic (exact) mass is 451 g/mol. The second-order valence-corrected chi connectivity index (χ2v) is 8.75. The number of carbonyl (C=O) groups is 1. The number of halogens is 3. The maximum absolute atomic E-state index is 14.0. The van der Waals surface area contributed by atoms with Gasteiger partial charge in [-0.1, -0.05) is 0 Å². The molecule has 1 amide bonds. The molecule has 33 heavy (non-hydrogen) atoms. The fraction of sp³-hybridized carbons (Fsp3) is 0.292. The molecule has 3 aromatic heterocycles. The molecule has 0 N–H and O–H groups in total. The summed E-state index contributed by atoms with van der Waals surface area (Å²) in [6.07, 6.45) is 8.24. The minimum absolute atomic E-state index is 0.0553. The highest BCUT2D eigenvalue weighted by Crippen LogP contribution is 2.45. The Balaban J connectivity index is 1.43. The first-order chi connectivity index (χ1) is 15.9. The van der Waals surface area contributed by atoms with Gasteiger partial charge in [0.25, 0.3) is 5.91 Å². The Morgan fingerprint density at radius 1 is 1.12 bits per heavy atom. The average molecular weight is 451 g/mol. The molecule has 1 aromatic carbocycles. The van der Waals surface area contributed by atoms with Crippen LogP contribution in [0.4, 0.5) is 13.2 Å². The summed E-state index contributed by atoms with van der Waals surface area (Å²) in [4.78, 5) is 19.6. The number of amides is 1. The lowest BCUT2D eigenvalue weighted by atomic mass is 9.81. The number of imidazole rings is 1. The van der Waals surface area contributed by atoms with Crippen LogP contribution < -0.4 is 0 Å². The van der Waals surface area contributed by atoms with Crippen LogP contribution in [0.1, 0.15) is 46.9 Å². The van der Waals surface area contributed by atoms with Gasteiger partial charge in [0.05, 0.1) is 41.0 Å². The van der Waals surface area contributed by atoms with Crippen molar-refractivity contribution in [2.24, 2.45) is 7.05 Å². The summed E-state index contributed by atoms with van der Waals surface area (Å²) in [6.45, 7) is 0. The Kier molecular flexibility index (Phi) is 4.36. The van der Waals surface area contributed by atoms with E-state index in [0.29, 0.717) is 17.7 Å². The number of nitrogens with zero attached hydrogens (tertiary/aromatic N) is 5. The third kappa shape index (κ3) is 2.98. The van der Waals surface area contributed by atoms with Crippen molar-refractivity contribution in [3.05, 3.63) is 77.3 Å². The predicted molar refractivity (Wildman–Crippen MR) is 114 cm³/mol. The molecule has 0 radical (unpaired) electrons. The number of benzene rings is 1. The summed E-state index contributed by atoms with van der Waals surface area (Å²) in [5.41, 5.74) is 3.88. The fourth-order valence-corrected chi connectivity index (χ4v) is 5.40. The molecule has 9 heteroatoms. The Hall–Kier alpha value is -3.62. The first-order valence-corrected chi connectivity index (χ1v) is 10.9. The van der Waals surface area contributed by atoms with E-state index in [1.165, 1.54) is 0 Å². The molecule has 5 heterocycles. The van der Waals surface area contributed by atoms with Gasteiger partial charge in [0.2, 0.25) is 0 Å². The smallest absolute Gasteiger partial charge is 0.256 e. The summed E-state index contributed by atoms with van der Waals surface area (Å²) in [6, 6.07) is 5.39. The van der Waals surface area contributed by atoms with Gasteiger partial charge >= 0.3 is 0 Å². The Morgan fingerprint density at radius 2 is 1.91 bits per heavy atom. The highest BCUT2D eigenvalue weighted by atomic mass is 19.2. The summed E-state index contributed by atoms with van der Waals surface area (Å²) in [7, 11) is 1.70. The first-order valence-electron chi connectivity index (χ1n) is 10.9. The Labute approximate surface area is 187 Å². The van der Waals surface area contributed by atoms with Crippen LogP contribution in [-0.2, 0) is 13.5 Å². The number of carbonyl (C=O) groups excluding carboxylic acids is 1. The standard InChI is InChI=1S/C24H20F3N5O/c1-30-23(14-7-18(25)21(27)19(26)8-14)17-9-15-3-2-4-20(22(17)29-30)32(15)24(33)13-5-6-16-10-28-12-31(16)11-13/h5-8,10-12,15,20H,2-4,9H2,1H3. The van der Waals surface area contributed by atoms with Crippen molar-refractivity contribution in [1.29, 1.82) is 0 Å². The SMILES string of the molecule is Cn1nc2c(c1-c1cc(F)c(F)c(F)c1)CC1CCCC2N1C(=O)c1ccc2cncn2c1. The minimum atomic E-state index is -1.49. The van der Waals surface area contributed by atoms with Crippen LogP contribution in [0, 0.1) is 17.5 Å². The maximum atomic E-state index is 14.0. The van der Waals surface area contributed by atoms with Crippen molar-refractivity contribution in [2.45, 2.75) is 37.8 Å². The van der Waals surface area contributed by atoms with E-state index in [9.17, 15) is 18.0 Å². The molecule has 2 bridgehead atoms. The highest BCUT2D eigenvalue weighted by molar-refractivity contribution is 5.95. The van der Waals surface area contributed by atoms with Crippen molar-refractivity contribution < 1.29 is 18.0 Å². The summed E-state index contributed by atoms with van der Waals surface area (Å²) in [5, 5.41) is 4.67. The molecule has 4 aromatic rings. The Bertz CT molecular complexity index is 1400. The van der Waals surface area contributed by atoms with Crippen LogP contribution in [0.3, 0.4) is 0 Å². The number of rotatable bonds is 2. The van der Waals surface area contributed by atoms with Crippen LogP contribution in [0.15, 0.2) is 43.0 Å². The van der Waals surface area contributed by atoms with Crippen molar-refractivity contribution >= 4 is 11.4 Å². The Morgan fingerprint density at radius 3 is 2.70 bits per heavy atom. The van der Waals surface area contributed by atoms with Gasteiger partial charge in [0.1, 0.15) is 0 Å². The molecular formula is C24H20F3N5O. The van der Waals surface area contributed by atoms with Crippen LogP contribution in [0.5, 0.6) is 0 Å². The highest BCUT2D eigenvalue weighted by Gasteiger charge is 2.43. The third-order valence-electron chi connectivity index (χ3n) is 6.82. The first kappa shape index (κ1) is 20.0. The lowest BCUT2D eigenvalue weighted by Gasteiger charge is -2.45. The van der Waals surface area contributed by atoms with Gasteiger partial charge in [-0.05, 0) is 49.9 Å². The van der Waals surface area contributed by atoms with Crippen LogP contribution in [-0.4, -0.2) is 36.0 Å². The number of piperidine rings is 1. The van der Waals surface area contributed by atoms with Crippen molar-refractivity contribution in [2.75, 3.05) is 0 Å². The van der Waals surface area contributed by atoms with Gasteiger partial charge in [0.15, 0.2) is 17.5 Å². The molecule has 168 valence electrons. The fourth-order valence-electron chi connectivity index (χ4n) is 5.40. The molecular weight excluding hydrogens is 431 g/mol. The van der Waals surface area contributed by atoms with Gasteiger partial charge in [-0.3, -0.25) is 9.48 Å². The van der Waals surface area contributed by atoms with E-state index in [1.807, 2.05) is 15.4 Å². The van der Waals surface area contributed by atoms with E-state index in [2.05, 4.69) is 10.1 Å². The van der Waals surface area contributed by atoms with E-state index in [4.69, 9.17) is 0 Å². The zero-order chi connectivity index (χ0) is 22.9. The average Bonchev–Trinajstić information content (AvgIpc) is 3.39. The second kappa shape index (κ2) is 7.19. The molecule has 6 rings (SSSR count). The second-order valence-electron chi connectivity index (χ2n) is 8.75. The quantitative estimate of drug-likeness (QED) is 0.424. The lowest BCUT2D eigenvalue weighted by Crippen LogP contribution is -2.49. The molecule has 2 aliphatic heterocycles. The van der Waals surface area contributed by atoms with E-state index < -0.39 is 17.5 Å². The van der Waals surface area contributed by atoms with Crippen LogP contribution in [0.25, 0.3) is 16.8 Å². The molecule has 1 fully saturated rings. The molecule has 1 saturated heterocycles. The summed E-state index contributed by atoms with van der Waals surface area (Å²) in [5.74, 6) is -4.03. The predicted octanol–water partition coefficient (Wildman–Crippen LogP) is 4.44. The number of aromatic nitrogens is 4. The van der Waals surface area contributed by atoms with E-state index in [1.54, 1.807) is 36.5 Å². The van der Waals surface area contributed by atoms with Gasteiger partial charge in [-0.15, -0.1) is 0 Å². The summed E-state index contributed by atoms with van der Waals surface area (Å²) >= 11 is 0. The van der Waals surface area contributed by atoms with Gasteiger partial charge in [-0.2, -0.15) is 5.10 Å². The topological polar surface area (TPSA) is 55.4 Å². The number of fused-ring (bicyclic) bond motifs is 5. The van der Waals surface area contributed by atoms with E-state index >= 15 is 0 Å². The number of pyridine rings is 1. The molecule has 0 saturated carbocycles. The molecule has 2 atom stereocenters. The van der Waals surface area contributed by atoms with Gasteiger partial charge in [-0.25, -0.2) is 18.2 Å². The molecule has 0 spiro atoms. The van der Waals surface area contributed by atoms with E-state index in [0.717, 1.165) is 48.2 Å². The van der Waals surface area contributed by atoms with Crippen molar-refractivity contribution in [3.8, 4) is 11.3 Å². The van der Waals surface area contributed by atoms with Crippen LogP contribution in [0.2, 0.25) is 0 Å². The number of hydrogen-bond acceptors (Lipinski definition) is 3. The summed E-state index contributed by atoms with van der Waals surface area (Å²) < 4.78 is 44.9. The van der Waals surface area contributed by atoms with Gasteiger partial charge < -0.3 is 9.30 Å². The zero-order valence-corrected chi connectivity index (χ0v) is 17.8. The number of hydrogen-bond donors (Lipinski definition) is 0. The van der Waals surface area contributed by atoms with Crippen molar-refractivity contribution in [1.82, 2.24) is 24.1 Å². The molecule has 2 unspecified atom stereocenters. The number of aryl methyl sites for hydroxylation is 1. The lowest BCUT2D eigenvalue weighted by molar-refractivity contribution is 0.0391. The largest absolute Gasteiger partial charge is 0.327 e. The normalized spacial score (nSPS) is 19.7. The maximum Gasteiger partial charge on any atom is 0.256 e. The van der Waals surface area contributed by atoms with Gasteiger partial charge in [0, 0.05) is 30.4 Å².